The fraction of sp³-hybridized carbons (Fsp3) is 0.923. The van der Waals surface area contributed by atoms with Gasteiger partial charge >= 0.3 is 0 Å². The Morgan fingerprint density at radius 3 is 2.26 bits per heavy atom. The van der Waals surface area contributed by atoms with E-state index in [4.69, 9.17) is 5.73 Å². The first-order chi connectivity index (χ1) is 7.80. The summed E-state index contributed by atoms with van der Waals surface area (Å²) in [6.07, 6.45) is 2.53. The first-order valence-corrected chi connectivity index (χ1v) is 6.62. The minimum Gasteiger partial charge on any atom is -0.353 e. The van der Waals surface area contributed by atoms with E-state index in [0.717, 1.165) is 19.0 Å². The highest BCUT2D eigenvalue weighted by molar-refractivity contribution is 5.85. The van der Waals surface area contributed by atoms with Gasteiger partial charge in [0.2, 0.25) is 5.91 Å². The lowest BCUT2D eigenvalue weighted by molar-refractivity contribution is -0.125. The summed E-state index contributed by atoms with van der Waals surface area (Å²) >= 11 is 0. The minimum absolute atomic E-state index is 0. The number of hydrogen-bond donors (Lipinski definition) is 2. The highest BCUT2D eigenvalue weighted by Gasteiger charge is 2.24. The zero-order valence-corrected chi connectivity index (χ0v) is 14.1. The number of hydrogen-bond acceptors (Lipinski definition) is 3. The number of rotatable bonds is 4. The lowest BCUT2D eigenvalue weighted by Crippen LogP contribution is -2.53. The molecule has 1 unspecified atom stereocenters. The molecule has 1 amide bonds. The van der Waals surface area contributed by atoms with Crippen molar-refractivity contribution in [3.8, 4) is 0 Å². The van der Waals surface area contributed by atoms with Crippen molar-refractivity contribution in [3.05, 3.63) is 0 Å². The van der Waals surface area contributed by atoms with Gasteiger partial charge in [-0.1, -0.05) is 6.92 Å². The van der Waals surface area contributed by atoms with E-state index in [0.29, 0.717) is 12.6 Å². The third-order valence-electron chi connectivity index (χ3n) is 3.58. The summed E-state index contributed by atoms with van der Waals surface area (Å²) in [7, 11) is 0. The van der Waals surface area contributed by atoms with Crippen LogP contribution in [0, 0.1) is 5.92 Å². The Morgan fingerprint density at radius 1 is 1.37 bits per heavy atom. The number of nitrogens with one attached hydrogen (secondary N) is 1. The Balaban J connectivity index is 0. The Kier molecular flexibility index (Phi) is 10.1. The highest BCUT2D eigenvalue weighted by Crippen LogP contribution is 2.17. The molecule has 1 aliphatic rings. The van der Waals surface area contributed by atoms with Crippen LogP contribution in [-0.2, 0) is 4.79 Å². The fourth-order valence-electron chi connectivity index (χ4n) is 2.07. The first kappa shape index (κ1) is 21.3. The Morgan fingerprint density at radius 2 is 1.84 bits per heavy atom. The molecule has 0 radical (unpaired) electrons. The van der Waals surface area contributed by atoms with Gasteiger partial charge in [0.1, 0.15) is 0 Å². The van der Waals surface area contributed by atoms with Crippen molar-refractivity contribution >= 4 is 30.7 Å². The molecule has 1 rings (SSSR count). The van der Waals surface area contributed by atoms with Gasteiger partial charge in [-0.3, -0.25) is 9.69 Å². The van der Waals surface area contributed by atoms with E-state index < -0.39 is 5.54 Å². The molecular weight excluding hydrogens is 285 g/mol. The standard InChI is InChI=1S/C13H27N3O.2ClH/c1-10-5-7-16(8-6-10)11(2)9-15-12(17)13(3,4)14;;/h10-11H,5-9,14H2,1-4H3,(H,15,17);2*1H. The molecular formula is C13H29Cl2N3O. The molecule has 1 heterocycles. The molecule has 1 saturated heterocycles. The third-order valence-corrected chi connectivity index (χ3v) is 3.58. The minimum atomic E-state index is -0.782. The van der Waals surface area contributed by atoms with Crippen molar-refractivity contribution in [1.29, 1.82) is 0 Å². The van der Waals surface area contributed by atoms with Crippen LogP contribution >= 0.6 is 24.8 Å². The number of halogens is 2. The monoisotopic (exact) mass is 313 g/mol. The molecule has 0 aliphatic carbocycles. The van der Waals surface area contributed by atoms with Gasteiger partial charge in [0.05, 0.1) is 5.54 Å². The van der Waals surface area contributed by atoms with Crippen molar-refractivity contribution in [1.82, 2.24) is 10.2 Å². The van der Waals surface area contributed by atoms with Crippen LogP contribution in [0.25, 0.3) is 0 Å². The molecule has 0 bridgehead atoms. The average molecular weight is 314 g/mol. The molecule has 1 aliphatic heterocycles. The van der Waals surface area contributed by atoms with Crippen LogP contribution in [0.3, 0.4) is 0 Å². The maximum absolute atomic E-state index is 11.6. The van der Waals surface area contributed by atoms with Crippen LogP contribution in [0.5, 0.6) is 0 Å². The number of carbonyl (C=O) groups excluding carboxylic acids is 1. The molecule has 116 valence electrons. The maximum Gasteiger partial charge on any atom is 0.239 e. The lowest BCUT2D eigenvalue weighted by atomic mass is 9.98. The summed E-state index contributed by atoms with van der Waals surface area (Å²) < 4.78 is 0. The molecule has 1 fully saturated rings. The van der Waals surface area contributed by atoms with Crippen molar-refractivity contribution in [2.24, 2.45) is 11.7 Å². The summed E-state index contributed by atoms with van der Waals surface area (Å²) in [6.45, 7) is 10.9. The largest absolute Gasteiger partial charge is 0.353 e. The summed E-state index contributed by atoms with van der Waals surface area (Å²) in [4.78, 5) is 14.1. The Hall–Kier alpha value is -0.0300. The molecule has 0 aromatic rings. The zero-order chi connectivity index (χ0) is 13.1. The number of nitrogens with two attached hydrogens (primary N) is 1. The van der Waals surface area contributed by atoms with E-state index in [9.17, 15) is 4.79 Å². The number of carbonyl (C=O) groups is 1. The van der Waals surface area contributed by atoms with Crippen molar-refractivity contribution in [2.75, 3.05) is 19.6 Å². The van der Waals surface area contributed by atoms with Gasteiger partial charge in [-0.25, -0.2) is 0 Å². The number of amides is 1. The molecule has 1 atom stereocenters. The molecule has 0 aromatic carbocycles. The zero-order valence-electron chi connectivity index (χ0n) is 12.4. The molecule has 4 nitrogen and oxygen atoms in total. The molecule has 0 aromatic heterocycles. The van der Waals surface area contributed by atoms with Crippen LogP contribution in [0.4, 0.5) is 0 Å². The van der Waals surface area contributed by atoms with E-state index >= 15 is 0 Å². The van der Waals surface area contributed by atoms with E-state index in [2.05, 4.69) is 24.1 Å². The van der Waals surface area contributed by atoms with E-state index in [1.54, 1.807) is 13.8 Å². The second-order valence-electron chi connectivity index (χ2n) is 6.00. The first-order valence-electron chi connectivity index (χ1n) is 6.62. The van der Waals surface area contributed by atoms with Crippen LogP contribution in [-0.4, -0.2) is 42.0 Å². The topological polar surface area (TPSA) is 58.4 Å². The molecule has 19 heavy (non-hydrogen) atoms. The van der Waals surface area contributed by atoms with Crippen LogP contribution in [0.2, 0.25) is 0 Å². The van der Waals surface area contributed by atoms with Gasteiger partial charge in [-0.05, 0) is 52.6 Å². The lowest BCUT2D eigenvalue weighted by Gasteiger charge is -2.35. The van der Waals surface area contributed by atoms with Crippen molar-refractivity contribution < 1.29 is 4.79 Å². The van der Waals surface area contributed by atoms with Gasteiger partial charge in [0.15, 0.2) is 0 Å². The van der Waals surface area contributed by atoms with Gasteiger partial charge in [-0.15, -0.1) is 24.8 Å². The van der Waals surface area contributed by atoms with Crippen molar-refractivity contribution in [2.45, 2.75) is 52.1 Å². The predicted molar refractivity (Wildman–Crippen MR) is 85.2 cm³/mol. The van der Waals surface area contributed by atoms with Crippen LogP contribution in [0.1, 0.15) is 40.5 Å². The van der Waals surface area contributed by atoms with E-state index in [-0.39, 0.29) is 30.7 Å². The number of piperidine rings is 1. The second kappa shape index (κ2) is 9.01. The fourth-order valence-corrected chi connectivity index (χ4v) is 2.07. The summed E-state index contributed by atoms with van der Waals surface area (Å²) in [5.41, 5.74) is 4.95. The quantitative estimate of drug-likeness (QED) is 0.832. The summed E-state index contributed by atoms with van der Waals surface area (Å²) in [5.74, 6) is 0.769. The van der Waals surface area contributed by atoms with Gasteiger partial charge in [-0.2, -0.15) is 0 Å². The second-order valence-corrected chi connectivity index (χ2v) is 6.00. The molecule has 0 saturated carbocycles. The van der Waals surface area contributed by atoms with Gasteiger partial charge < -0.3 is 11.1 Å². The van der Waals surface area contributed by atoms with Crippen LogP contribution < -0.4 is 11.1 Å². The smallest absolute Gasteiger partial charge is 0.239 e. The normalized spacial score (nSPS) is 19.0. The van der Waals surface area contributed by atoms with E-state index in [1.165, 1.54) is 12.8 Å². The number of nitrogens with zero attached hydrogens (tertiary/aromatic N) is 1. The Bertz CT molecular complexity index is 261. The third kappa shape index (κ3) is 7.35. The van der Waals surface area contributed by atoms with Gasteiger partial charge in [0, 0.05) is 12.6 Å². The average Bonchev–Trinajstić information content (AvgIpc) is 2.25. The SMILES string of the molecule is CC1CCN(C(C)CNC(=O)C(C)(C)N)CC1.Cl.Cl. The Labute approximate surface area is 129 Å². The highest BCUT2D eigenvalue weighted by atomic mass is 35.5. The summed E-state index contributed by atoms with van der Waals surface area (Å²) in [5, 5.41) is 2.93. The predicted octanol–water partition coefficient (Wildman–Crippen LogP) is 1.80. The van der Waals surface area contributed by atoms with E-state index in [1.807, 2.05) is 0 Å². The van der Waals surface area contributed by atoms with Crippen LogP contribution in [0.15, 0.2) is 0 Å². The summed E-state index contributed by atoms with van der Waals surface area (Å²) in [6, 6.07) is 0.397. The number of likely N-dealkylation sites (tertiary alicyclic amines) is 1. The molecule has 3 N–H and O–H groups in total. The molecule has 6 heteroatoms. The molecule has 0 spiro atoms. The van der Waals surface area contributed by atoms with Gasteiger partial charge in [0.25, 0.3) is 0 Å². The maximum atomic E-state index is 11.6. The van der Waals surface area contributed by atoms with Crippen molar-refractivity contribution in [3.63, 3.8) is 0 Å².